The highest BCUT2D eigenvalue weighted by Gasteiger charge is 2.23. The minimum atomic E-state index is -1.60. The first-order chi connectivity index (χ1) is 8.02. The maximum absolute atomic E-state index is 13.4. The summed E-state index contributed by atoms with van der Waals surface area (Å²) in [5, 5.41) is 13.5. The van der Waals surface area contributed by atoms with Gasteiger partial charge in [0.2, 0.25) is 0 Å². The van der Waals surface area contributed by atoms with Crippen LogP contribution >= 0.6 is 11.5 Å². The predicted molar refractivity (Wildman–Crippen MR) is 55.0 cm³/mol. The molecule has 2 aromatic rings. The number of hydrogen-bond donors (Lipinski definition) is 1. The third-order valence-corrected chi connectivity index (χ3v) is 3.17. The van der Waals surface area contributed by atoms with Crippen LogP contribution in [0.4, 0.5) is 13.2 Å². The highest BCUT2D eigenvalue weighted by Crippen LogP contribution is 2.29. The van der Waals surface area contributed by atoms with E-state index in [-0.39, 0.29) is 5.56 Å². The second-order valence-corrected chi connectivity index (χ2v) is 4.18. The first kappa shape index (κ1) is 12.0. The lowest BCUT2D eigenvalue weighted by atomic mass is 10.1. The van der Waals surface area contributed by atoms with E-state index in [2.05, 4.69) is 9.59 Å². The molecule has 0 saturated carbocycles. The number of nitrogens with zero attached hydrogens (tertiary/aromatic N) is 2. The van der Waals surface area contributed by atoms with Crippen molar-refractivity contribution >= 4 is 11.5 Å². The Labute approximate surface area is 98.7 Å². The Hall–Kier alpha value is -1.47. The van der Waals surface area contributed by atoms with Gasteiger partial charge in [0.15, 0.2) is 17.5 Å². The Morgan fingerprint density at radius 2 is 1.94 bits per heavy atom. The summed E-state index contributed by atoms with van der Waals surface area (Å²) in [7, 11) is 0. The molecule has 2 rings (SSSR count). The number of hydrogen-bond acceptors (Lipinski definition) is 4. The molecule has 0 saturated heterocycles. The van der Waals surface area contributed by atoms with Gasteiger partial charge in [0, 0.05) is 5.56 Å². The molecule has 1 N–H and O–H groups in total. The second kappa shape index (κ2) is 4.42. The summed E-state index contributed by atoms with van der Waals surface area (Å²) in [5.74, 6) is -4.29. The Morgan fingerprint density at radius 1 is 1.24 bits per heavy atom. The number of rotatable bonds is 2. The topological polar surface area (TPSA) is 46.0 Å². The van der Waals surface area contributed by atoms with Crippen LogP contribution in [-0.2, 0) is 0 Å². The molecule has 7 heteroatoms. The molecule has 3 nitrogen and oxygen atoms in total. The lowest BCUT2D eigenvalue weighted by molar-refractivity contribution is 0.215. The fourth-order valence-corrected chi connectivity index (χ4v) is 2.03. The molecule has 0 amide bonds. The van der Waals surface area contributed by atoms with Crippen LogP contribution < -0.4 is 0 Å². The number of aliphatic hydroxyl groups is 1. The first-order valence-electron chi connectivity index (χ1n) is 4.62. The first-order valence-corrected chi connectivity index (χ1v) is 5.40. The van der Waals surface area contributed by atoms with Gasteiger partial charge in [0.05, 0.1) is 10.6 Å². The van der Waals surface area contributed by atoms with E-state index in [0.717, 1.165) is 23.7 Å². The van der Waals surface area contributed by atoms with E-state index < -0.39 is 23.6 Å². The zero-order valence-electron chi connectivity index (χ0n) is 8.62. The van der Waals surface area contributed by atoms with Gasteiger partial charge in [-0.2, -0.15) is 0 Å². The molecular weight excluding hydrogens is 253 g/mol. The molecule has 0 radical (unpaired) electrons. The Morgan fingerprint density at radius 3 is 2.53 bits per heavy atom. The smallest absolute Gasteiger partial charge is 0.194 e. The van der Waals surface area contributed by atoms with E-state index in [0.29, 0.717) is 10.6 Å². The van der Waals surface area contributed by atoms with E-state index in [9.17, 15) is 18.3 Å². The van der Waals surface area contributed by atoms with Crippen LogP contribution in [0.5, 0.6) is 0 Å². The van der Waals surface area contributed by atoms with Crippen molar-refractivity contribution in [3.8, 4) is 0 Å². The van der Waals surface area contributed by atoms with Gasteiger partial charge in [0.25, 0.3) is 0 Å². The van der Waals surface area contributed by atoms with Gasteiger partial charge in [-0.15, -0.1) is 5.10 Å². The Balaban J connectivity index is 2.48. The lowest BCUT2D eigenvalue weighted by Crippen LogP contribution is -2.05. The van der Waals surface area contributed by atoms with E-state index in [4.69, 9.17) is 0 Å². The van der Waals surface area contributed by atoms with Crippen molar-refractivity contribution in [1.29, 1.82) is 0 Å². The van der Waals surface area contributed by atoms with Crippen LogP contribution in [0.3, 0.4) is 0 Å². The zero-order chi connectivity index (χ0) is 12.6. The van der Waals surface area contributed by atoms with Crippen molar-refractivity contribution < 1.29 is 18.3 Å². The quantitative estimate of drug-likeness (QED) is 0.843. The second-order valence-electron chi connectivity index (χ2n) is 3.39. The van der Waals surface area contributed by atoms with Crippen molar-refractivity contribution in [3.63, 3.8) is 0 Å². The average Bonchev–Trinajstić information content (AvgIpc) is 2.72. The maximum atomic E-state index is 13.4. The van der Waals surface area contributed by atoms with Crippen LogP contribution in [0.15, 0.2) is 12.1 Å². The van der Waals surface area contributed by atoms with Gasteiger partial charge in [-0.05, 0) is 30.6 Å². The minimum absolute atomic E-state index is 0.301. The Kier molecular flexibility index (Phi) is 3.12. The predicted octanol–water partition coefficient (Wildman–Crippen LogP) is 2.35. The van der Waals surface area contributed by atoms with E-state index in [1.807, 2.05) is 0 Å². The fraction of sp³-hybridized carbons (Fsp3) is 0.200. The summed E-state index contributed by atoms with van der Waals surface area (Å²) in [5.41, 5.74) is 0.0877. The highest BCUT2D eigenvalue weighted by atomic mass is 32.1. The average molecular weight is 260 g/mol. The van der Waals surface area contributed by atoms with Gasteiger partial charge in [-0.1, -0.05) is 4.49 Å². The molecular formula is C10H7F3N2OS. The van der Waals surface area contributed by atoms with Crippen LogP contribution in [0.2, 0.25) is 0 Å². The molecule has 1 aromatic heterocycles. The molecule has 1 aromatic carbocycles. The molecule has 0 aliphatic heterocycles. The SMILES string of the molecule is Cc1nnsc1C(O)c1ccc(F)c(F)c1F. The van der Waals surface area contributed by atoms with Crippen molar-refractivity contribution in [2.45, 2.75) is 13.0 Å². The molecule has 17 heavy (non-hydrogen) atoms. The molecule has 0 bridgehead atoms. The number of aromatic nitrogens is 2. The normalized spacial score (nSPS) is 12.8. The van der Waals surface area contributed by atoms with E-state index in [1.165, 1.54) is 0 Å². The molecule has 1 heterocycles. The molecule has 1 unspecified atom stereocenters. The summed E-state index contributed by atoms with van der Waals surface area (Å²) in [6.45, 7) is 1.58. The molecule has 0 spiro atoms. The zero-order valence-corrected chi connectivity index (χ0v) is 9.43. The number of aliphatic hydroxyl groups excluding tert-OH is 1. The number of aryl methyl sites for hydroxylation is 1. The van der Waals surface area contributed by atoms with Crippen molar-refractivity contribution in [2.24, 2.45) is 0 Å². The van der Waals surface area contributed by atoms with Crippen molar-refractivity contribution in [2.75, 3.05) is 0 Å². The lowest BCUT2D eigenvalue weighted by Gasteiger charge is -2.10. The van der Waals surface area contributed by atoms with Crippen molar-refractivity contribution in [3.05, 3.63) is 45.7 Å². The molecule has 0 aliphatic rings. The monoisotopic (exact) mass is 260 g/mol. The van der Waals surface area contributed by atoms with Crippen LogP contribution in [0, 0.1) is 24.4 Å². The third kappa shape index (κ3) is 2.03. The number of benzene rings is 1. The van der Waals surface area contributed by atoms with E-state index in [1.54, 1.807) is 6.92 Å². The minimum Gasteiger partial charge on any atom is -0.383 e. The molecule has 1 atom stereocenters. The fourth-order valence-electron chi connectivity index (χ4n) is 1.38. The van der Waals surface area contributed by atoms with Crippen LogP contribution in [-0.4, -0.2) is 14.7 Å². The highest BCUT2D eigenvalue weighted by molar-refractivity contribution is 7.05. The van der Waals surface area contributed by atoms with Gasteiger partial charge >= 0.3 is 0 Å². The standard InChI is InChI=1S/C10H7F3N2OS/c1-4-10(17-15-14-4)9(16)5-2-3-6(11)8(13)7(5)12/h2-3,9,16H,1H3. The summed E-state index contributed by atoms with van der Waals surface area (Å²) in [6, 6.07) is 1.76. The largest absolute Gasteiger partial charge is 0.383 e. The molecule has 90 valence electrons. The molecule has 0 aliphatic carbocycles. The summed E-state index contributed by atoms with van der Waals surface area (Å²) < 4.78 is 42.7. The van der Waals surface area contributed by atoms with Gasteiger partial charge in [0.1, 0.15) is 6.10 Å². The third-order valence-electron chi connectivity index (χ3n) is 2.29. The van der Waals surface area contributed by atoms with Crippen LogP contribution in [0.1, 0.15) is 22.2 Å². The van der Waals surface area contributed by atoms with Gasteiger partial charge in [-0.25, -0.2) is 13.2 Å². The maximum Gasteiger partial charge on any atom is 0.194 e. The van der Waals surface area contributed by atoms with Crippen molar-refractivity contribution in [1.82, 2.24) is 9.59 Å². The summed E-state index contributed by atoms with van der Waals surface area (Å²) in [4.78, 5) is 0.301. The number of halogens is 3. The van der Waals surface area contributed by atoms with Gasteiger partial charge in [-0.3, -0.25) is 0 Å². The van der Waals surface area contributed by atoms with E-state index >= 15 is 0 Å². The van der Waals surface area contributed by atoms with Gasteiger partial charge < -0.3 is 5.11 Å². The Bertz CT molecular complexity index is 558. The molecule has 0 fully saturated rings. The summed E-state index contributed by atoms with van der Waals surface area (Å²) >= 11 is 0.877. The summed E-state index contributed by atoms with van der Waals surface area (Å²) in [6.07, 6.45) is -1.40. The van der Waals surface area contributed by atoms with Crippen LogP contribution in [0.25, 0.3) is 0 Å².